The second-order valence-electron chi connectivity index (χ2n) is 5.28. The van der Waals surface area contributed by atoms with E-state index in [-0.39, 0.29) is 22.4 Å². The van der Waals surface area contributed by atoms with Crippen molar-refractivity contribution in [3.05, 3.63) is 29.8 Å². The van der Waals surface area contributed by atoms with Crippen LogP contribution in [0.2, 0.25) is 0 Å². The van der Waals surface area contributed by atoms with Crippen molar-refractivity contribution in [2.24, 2.45) is 11.7 Å². The van der Waals surface area contributed by atoms with E-state index in [0.29, 0.717) is 13.1 Å². The molecule has 6 nitrogen and oxygen atoms in total. The predicted molar refractivity (Wildman–Crippen MR) is 78.3 cm³/mol. The van der Waals surface area contributed by atoms with Crippen LogP contribution in [0.1, 0.15) is 23.7 Å². The molecule has 0 spiro atoms. The van der Waals surface area contributed by atoms with E-state index in [1.165, 1.54) is 29.6 Å². The lowest BCUT2D eigenvalue weighted by Crippen LogP contribution is -2.34. The standard InChI is InChI=1S/C14H20N2O4S/c1-10-6-11(8-15)9-16(10)21(18,19)13-5-3-4-12(7-13)14(17)20-2/h3-5,7,10-11H,6,8-9,15H2,1-2H3. The number of rotatable bonds is 4. The third-order valence-electron chi connectivity index (χ3n) is 3.80. The Balaban J connectivity index is 2.34. The topological polar surface area (TPSA) is 89.7 Å². The van der Waals surface area contributed by atoms with Crippen LogP contribution in [0.4, 0.5) is 0 Å². The van der Waals surface area contributed by atoms with Crippen molar-refractivity contribution in [3.8, 4) is 0 Å². The maximum Gasteiger partial charge on any atom is 0.337 e. The monoisotopic (exact) mass is 312 g/mol. The molecule has 0 bridgehead atoms. The number of carbonyl (C=O) groups excluding carboxylic acids is 1. The fraction of sp³-hybridized carbons (Fsp3) is 0.500. The van der Waals surface area contributed by atoms with Gasteiger partial charge < -0.3 is 10.5 Å². The van der Waals surface area contributed by atoms with Crippen LogP contribution in [-0.2, 0) is 14.8 Å². The van der Waals surface area contributed by atoms with E-state index < -0.39 is 16.0 Å². The Morgan fingerprint density at radius 2 is 2.19 bits per heavy atom. The molecule has 2 rings (SSSR count). The largest absolute Gasteiger partial charge is 0.465 e. The number of benzene rings is 1. The summed E-state index contributed by atoms with van der Waals surface area (Å²) >= 11 is 0. The van der Waals surface area contributed by atoms with E-state index in [1.807, 2.05) is 6.92 Å². The van der Waals surface area contributed by atoms with Crippen LogP contribution in [0, 0.1) is 5.92 Å². The van der Waals surface area contributed by atoms with Crippen LogP contribution in [0.15, 0.2) is 29.2 Å². The first-order valence-corrected chi connectivity index (χ1v) is 8.24. The van der Waals surface area contributed by atoms with Gasteiger partial charge in [-0.15, -0.1) is 0 Å². The fourth-order valence-corrected chi connectivity index (χ4v) is 4.42. The molecule has 1 fully saturated rings. The van der Waals surface area contributed by atoms with Gasteiger partial charge in [0.1, 0.15) is 0 Å². The average molecular weight is 312 g/mol. The minimum atomic E-state index is -3.63. The van der Waals surface area contributed by atoms with Crippen LogP contribution < -0.4 is 5.73 Å². The Morgan fingerprint density at radius 3 is 2.76 bits per heavy atom. The molecule has 0 aliphatic carbocycles. The summed E-state index contributed by atoms with van der Waals surface area (Å²) in [5, 5.41) is 0. The summed E-state index contributed by atoms with van der Waals surface area (Å²) in [5.74, 6) is -0.375. The Labute approximate surface area is 124 Å². The maximum atomic E-state index is 12.7. The molecule has 1 aliphatic rings. The molecule has 0 saturated carbocycles. The summed E-state index contributed by atoms with van der Waals surface area (Å²) in [7, 11) is -2.36. The van der Waals surface area contributed by atoms with E-state index in [9.17, 15) is 13.2 Å². The third-order valence-corrected chi connectivity index (χ3v) is 5.78. The summed E-state index contributed by atoms with van der Waals surface area (Å²) in [4.78, 5) is 11.6. The van der Waals surface area contributed by atoms with Crippen molar-refractivity contribution >= 4 is 16.0 Å². The molecule has 1 heterocycles. The van der Waals surface area contributed by atoms with E-state index in [2.05, 4.69) is 4.74 Å². The molecular formula is C14H20N2O4S. The SMILES string of the molecule is COC(=O)c1cccc(S(=O)(=O)N2CC(CN)CC2C)c1. The zero-order chi connectivity index (χ0) is 15.6. The molecule has 1 aliphatic heterocycles. The Kier molecular flexibility index (Phi) is 4.65. The lowest BCUT2D eigenvalue weighted by Gasteiger charge is -2.21. The third kappa shape index (κ3) is 3.09. The van der Waals surface area contributed by atoms with Crippen LogP contribution >= 0.6 is 0 Å². The zero-order valence-electron chi connectivity index (χ0n) is 12.2. The van der Waals surface area contributed by atoms with Gasteiger partial charge in [-0.3, -0.25) is 0 Å². The molecule has 116 valence electrons. The molecule has 2 N–H and O–H groups in total. The van der Waals surface area contributed by atoms with Crippen LogP contribution in [0.25, 0.3) is 0 Å². The van der Waals surface area contributed by atoms with E-state index in [4.69, 9.17) is 5.73 Å². The van der Waals surface area contributed by atoms with Crippen molar-refractivity contribution < 1.29 is 17.9 Å². The van der Waals surface area contributed by atoms with Crippen molar-refractivity contribution in [2.75, 3.05) is 20.2 Å². The first kappa shape index (κ1) is 15.9. The van der Waals surface area contributed by atoms with Crippen LogP contribution in [0.5, 0.6) is 0 Å². The van der Waals surface area contributed by atoms with Gasteiger partial charge in [0.05, 0.1) is 17.6 Å². The quantitative estimate of drug-likeness (QED) is 0.832. The average Bonchev–Trinajstić information content (AvgIpc) is 2.88. The molecular weight excluding hydrogens is 292 g/mol. The Hall–Kier alpha value is -1.44. The molecule has 0 radical (unpaired) electrons. The van der Waals surface area contributed by atoms with Gasteiger partial charge in [0, 0.05) is 12.6 Å². The smallest absolute Gasteiger partial charge is 0.337 e. The predicted octanol–water partition coefficient (Wildman–Crippen LogP) is 0.831. The van der Waals surface area contributed by atoms with E-state index in [1.54, 1.807) is 6.07 Å². The van der Waals surface area contributed by atoms with Crippen molar-refractivity contribution in [1.29, 1.82) is 0 Å². The highest BCUT2D eigenvalue weighted by atomic mass is 32.2. The Bertz CT molecular complexity index is 630. The minimum Gasteiger partial charge on any atom is -0.465 e. The van der Waals surface area contributed by atoms with Crippen molar-refractivity contribution in [1.82, 2.24) is 4.31 Å². The van der Waals surface area contributed by atoms with E-state index in [0.717, 1.165) is 6.42 Å². The van der Waals surface area contributed by atoms with Gasteiger partial charge in [-0.05, 0) is 44.0 Å². The fourth-order valence-electron chi connectivity index (χ4n) is 2.65. The molecule has 2 atom stereocenters. The van der Waals surface area contributed by atoms with Gasteiger partial charge >= 0.3 is 5.97 Å². The number of carbonyl (C=O) groups is 1. The number of hydrogen-bond donors (Lipinski definition) is 1. The number of nitrogens with zero attached hydrogens (tertiary/aromatic N) is 1. The van der Waals surface area contributed by atoms with E-state index >= 15 is 0 Å². The van der Waals surface area contributed by atoms with Crippen molar-refractivity contribution in [3.63, 3.8) is 0 Å². The number of ether oxygens (including phenoxy) is 1. The molecule has 7 heteroatoms. The number of nitrogens with two attached hydrogens (primary N) is 1. The molecule has 1 aromatic rings. The summed E-state index contributed by atoms with van der Waals surface area (Å²) in [5.41, 5.74) is 5.86. The molecule has 1 saturated heterocycles. The molecule has 21 heavy (non-hydrogen) atoms. The second-order valence-corrected chi connectivity index (χ2v) is 7.17. The lowest BCUT2D eigenvalue weighted by atomic mass is 10.1. The summed E-state index contributed by atoms with van der Waals surface area (Å²) in [6, 6.07) is 5.82. The normalized spacial score (nSPS) is 23.2. The summed E-state index contributed by atoms with van der Waals surface area (Å²) < 4.78 is 31.5. The van der Waals surface area contributed by atoms with Gasteiger partial charge in [-0.2, -0.15) is 4.31 Å². The van der Waals surface area contributed by atoms with Gasteiger partial charge in [0.2, 0.25) is 10.0 Å². The van der Waals surface area contributed by atoms with Gasteiger partial charge in [-0.1, -0.05) is 6.07 Å². The first-order chi connectivity index (χ1) is 9.90. The van der Waals surface area contributed by atoms with Crippen molar-refractivity contribution in [2.45, 2.75) is 24.3 Å². The summed E-state index contributed by atoms with van der Waals surface area (Å²) in [6.45, 7) is 2.76. The highest BCUT2D eigenvalue weighted by Crippen LogP contribution is 2.29. The highest BCUT2D eigenvalue weighted by Gasteiger charge is 2.37. The molecule has 0 aromatic heterocycles. The zero-order valence-corrected chi connectivity index (χ0v) is 13.0. The first-order valence-electron chi connectivity index (χ1n) is 6.80. The number of hydrogen-bond acceptors (Lipinski definition) is 5. The van der Waals surface area contributed by atoms with Crippen LogP contribution in [0.3, 0.4) is 0 Å². The number of sulfonamides is 1. The van der Waals surface area contributed by atoms with Gasteiger partial charge in [0.25, 0.3) is 0 Å². The highest BCUT2D eigenvalue weighted by molar-refractivity contribution is 7.89. The van der Waals surface area contributed by atoms with Crippen LogP contribution in [-0.4, -0.2) is 44.9 Å². The minimum absolute atomic E-state index is 0.0923. The number of methoxy groups -OCH3 is 1. The molecule has 0 amide bonds. The maximum absolute atomic E-state index is 12.7. The summed E-state index contributed by atoms with van der Waals surface area (Å²) in [6.07, 6.45) is 0.756. The second kappa shape index (κ2) is 6.13. The molecule has 2 unspecified atom stereocenters. The Morgan fingerprint density at radius 1 is 1.48 bits per heavy atom. The molecule has 1 aromatic carbocycles. The van der Waals surface area contributed by atoms with Gasteiger partial charge in [0.15, 0.2) is 0 Å². The van der Waals surface area contributed by atoms with Gasteiger partial charge in [-0.25, -0.2) is 13.2 Å². The number of esters is 1. The lowest BCUT2D eigenvalue weighted by molar-refractivity contribution is 0.0600.